The first-order valence-corrected chi connectivity index (χ1v) is 10.2. The predicted octanol–water partition coefficient (Wildman–Crippen LogP) is 3.85. The highest BCUT2D eigenvalue weighted by molar-refractivity contribution is 5.74. The molecule has 1 saturated heterocycles. The van der Waals surface area contributed by atoms with E-state index in [0.717, 1.165) is 44.0 Å². The van der Waals surface area contributed by atoms with Gasteiger partial charge in [-0.3, -0.25) is 4.90 Å². The normalized spacial score (nSPS) is 15.9. The number of urea groups is 1. The molecular formula is C23H30FN3O2. The van der Waals surface area contributed by atoms with Crippen LogP contribution in [0.2, 0.25) is 0 Å². The van der Waals surface area contributed by atoms with E-state index in [1.165, 1.54) is 17.7 Å². The molecule has 2 aromatic carbocycles. The van der Waals surface area contributed by atoms with Crippen molar-refractivity contribution in [2.75, 3.05) is 26.3 Å². The summed E-state index contributed by atoms with van der Waals surface area (Å²) in [5, 5.41) is 5.91. The molecule has 0 aliphatic carbocycles. The first-order valence-electron chi connectivity index (χ1n) is 10.2. The van der Waals surface area contributed by atoms with Crippen LogP contribution in [-0.2, 0) is 17.8 Å². The number of carbonyl (C=O) groups excluding carboxylic acids is 1. The van der Waals surface area contributed by atoms with Crippen molar-refractivity contribution < 1.29 is 13.9 Å². The smallest absolute Gasteiger partial charge is 0.315 e. The van der Waals surface area contributed by atoms with E-state index in [1.807, 2.05) is 13.8 Å². The molecule has 2 aromatic rings. The Bertz CT molecular complexity index is 772. The lowest BCUT2D eigenvalue weighted by atomic mass is 9.96. The number of halogens is 1. The Kier molecular flexibility index (Phi) is 7.61. The molecular weight excluding hydrogens is 369 g/mol. The van der Waals surface area contributed by atoms with Crippen LogP contribution in [0.25, 0.3) is 0 Å². The third kappa shape index (κ3) is 6.54. The summed E-state index contributed by atoms with van der Waals surface area (Å²) in [5.41, 5.74) is 3.20. The fourth-order valence-electron chi connectivity index (χ4n) is 3.46. The molecule has 0 aromatic heterocycles. The summed E-state index contributed by atoms with van der Waals surface area (Å²) in [4.78, 5) is 14.8. The number of hydrogen-bond donors (Lipinski definition) is 2. The van der Waals surface area contributed by atoms with Gasteiger partial charge in [0.05, 0.1) is 19.3 Å². The van der Waals surface area contributed by atoms with Crippen LogP contribution in [-0.4, -0.2) is 37.2 Å². The highest BCUT2D eigenvalue weighted by Gasteiger charge is 2.18. The van der Waals surface area contributed by atoms with Gasteiger partial charge >= 0.3 is 6.03 Å². The molecule has 5 nitrogen and oxygen atoms in total. The minimum absolute atomic E-state index is 0.175. The molecule has 6 heteroatoms. The van der Waals surface area contributed by atoms with Gasteiger partial charge in [0.1, 0.15) is 5.82 Å². The van der Waals surface area contributed by atoms with Crippen LogP contribution in [0.1, 0.15) is 36.6 Å². The van der Waals surface area contributed by atoms with E-state index in [0.29, 0.717) is 6.54 Å². The predicted molar refractivity (Wildman–Crippen MR) is 112 cm³/mol. The molecule has 1 fully saturated rings. The number of carbonyl (C=O) groups is 1. The fraction of sp³-hybridized carbons (Fsp3) is 0.435. The summed E-state index contributed by atoms with van der Waals surface area (Å²) in [6, 6.07) is 14.2. The number of nitrogens with one attached hydrogen (secondary N) is 2. The third-order valence-electron chi connectivity index (χ3n) is 5.17. The Morgan fingerprint density at radius 3 is 2.28 bits per heavy atom. The van der Waals surface area contributed by atoms with Crippen molar-refractivity contribution in [3.05, 3.63) is 71.0 Å². The number of ether oxygens (including phenoxy) is 1. The lowest BCUT2D eigenvalue weighted by Gasteiger charge is -2.26. The van der Waals surface area contributed by atoms with E-state index in [4.69, 9.17) is 4.74 Å². The standard InChI is InChI=1S/C23H30FN3O2/c1-17(2)22(20-7-9-21(24)10-8-20)26-23(28)25-15-18-3-5-19(6-4-18)16-27-11-13-29-14-12-27/h3-10,17,22H,11-16H2,1-2H3,(H2,25,26,28)/t22-/m0/s1. The minimum Gasteiger partial charge on any atom is -0.379 e. The zero-order valence-corrected chi connectivity index (χ0v) is 17.2. The molecule has 0 bridgehead atoms. The average Bonchev–Trinajstić information content (AvgIpc) is 2.73. The Labute approximate surface area is 172 Å². The fourth-order valence-corrected chi connectivity index (χ4v) is 3.46. The molecule has 0 spiro atoms. The van der Waals surface area contributed by atoms with Crippen LogP contribution in [0.4, 0.5) is 9.18 Å². The molecule has 0 saturated carbocycles. The summed E-state index contributed by atoms with van der Waals surface area (Å²) >= 11 is 0. The van der Waals surface area contributed by atoms with E-state index in [1.54, 1.807) is 12.1 Å². The summed E-state index contributed by atoms with van der Waals surface area (Å²) in [6.45, 7) is 8.97. The molecule has 1 heterocycles. The van der Waals surface area contributed by atoms with Crippen LogP contribution in [0.3, 0.4) is 0 Å². The number of amides is 2. The SMILES string of the molecule is CC(C)[C@H](NC(=O)NCc1ccc(CN2CCOCC2)cc1)c1ccc(F)cc1. The number of nitrogens with zero attached hydrogens (tertiary/aromatic N) is 1. The minimum atomic E-state index is -0.280. The topological polar surface area (TPSA) is 53.6 Å². The quantitative estimate of drug-likeness (QED) is 0.744. The van der Waals surface area contributed by atoms with E-state index >= 15 is 0 Å². The number of benzene rings is 2. The Balaban J connectivity index is 1.49. The maximum absolute atomic E-state index is 13.2. The molecule has 1 atom stereocenters. The van der Waals surface area contributed by atoms with Crippen molar-refractivity contribution in [2.24, 2.45) is 5.92 Å². The molecule has 0 unspecified atom stereocenters. The Morgan fingerprint density at radius 1 is 1.03 bits per heavy atom. The number of morpholine rings is 1. The monoisotopic (exact) mass is 399 g/mol. The second-order valence-corrected chi connectivity index (χ2v) is 7.81. The van der Waals surface area contributed by atoms with Crippen LogP contribution >= 0.6 is 0 Å². The summed E-state index contributed by atoms with van der Waals surface area (Å²) in [7, 11) is 0. The van der Waals surface area contributed by atoms with Crippen LogP contribution in [0.5, 0.6) is 0 Å². The number of rotatable bonds is 7. The van der Waals surface area contributed by atoms with Crippen LogP contribution in [0.15, 0.2) is 48.5 Å². The van der Waals surface area contributed by atoms with Gasteiger partial charge in [-0.15, -0.1) is 0 Å². The zero-order chi connectivity index (χ0) is 20.6. The van der Waals surface area contributed by atoms with Gasteiger partial charge in [0.15, 0.2) is 0 Å². The molecule has 156 valence electrons. The Morgan fingerprint density at radius 2 is 1.66 bits per heavy atom. The van der Waals surface area contributed by atoms with Crippen LogP contribution in [0, 0.1) is 11.7 Å². The van der Waals surface area contributed by atoms with E-state index in [-0.39, 0.29) is 23.8 Å². The molecule has 3 rings (SSSR count). The van der Waals surface area contributed by atoms with Gasteiger partial charge in [0.25, 0.3) is 0 Å². The van der Waals surface area contributed by atoms with Crippen molar-refractivity contribution in [1.82, 2.24) is 15.5 Å². The average molecular weight is 400 g/mol. The van der Waals surface area contributed by atoms with E-state index < -0.39 is 0 Å². The van der Waals surface area contributed by atoms with Crippen LogP contribution < -0.4 is 10.6 Å². The van der Waals surface area contributed by atoms with Crippen molar-refractivity contribution in [3.8, 4) is 0 Å². The van der Waals surface area contributed by atoms with Crippen molar-refractivity contribution in [2.45, 2.75) is 33.0 Å². The Hall–Kier alpha value is -2.44. The lowest BCUT2D eigenvalue weighted by molar-refractivity contribution is 0.0342. The second kappa shape index (κ2) is 10.4. The zero-order valence-electron chi connectivity index (χ0n) is 17.2. The van der Waals surface area contributed by atoms with Gasteiger partial charge in [-0.2, -0.15) is 0 Å². The summed E-state index contributed by atoms with van der Waals surface area (Å²) in [5.74, 6) is -0.0940. The van der Waals surface area contributed by atoms with Gasteiger partial charge < -0.3 is 15.4 Å². The molecule has 1 aliphatic rings. The van der Waals surface area contributed by atoms with Gasteiger partial charge in [-0.25, -0.2) is 9.18 Å². The number of hydrogen-bond acceptors (Lipinski definition) is 3. The molecule has 2 amide bonds. The first-order chi connectivity index (χ1) is 14.0. The van der Waals surface area contributed by atoms with Gasteiger partial charge in [0.2, 0.25) is 0 Å². The second-order valence-electron chi connectivity index (χ2n) is 7.81. The largest absolute Gasteiger partial charge is 0.379 e. The van der Waals surface area contributed by atoms with Crippen molar-refractivity contribution >= 4 is 6.03 Å². The lowest BCUT2D eigenvalue weighted by Crippen LogP contribution is -2.39. The van der Waals surface area contributed by atoms with E-state index in [9.17, 15) is 9.18 Å². The van der Waals surface area contributed by atoms with Crippen molar-refractivity contribution in [1.29, 1.82) is 0 Å². The first kappa shape index (κ1) is 21.3. The van der Waals surface area contributed by atoms with Gasteiger partial charge in [-0.1, -0.05) is 50.2 Å². The van der Waals surface area contributed by atoms with Gasteiger partial charge in [0, 0.05) is 26.2 Å². The van der Waals surface area contributed by atoms with Gasteiger partial charge in [-0.05, 0) is 34.7 Å². The molecule has 29 heavy (non-hydrogen) atoms. The van der Waals surface area contributed by atoms with Crippen molar-refractivity contribution in [3.63, 3.8) is 0 Å². The highest BCUT2D eigenvalue weighted by atomic mass is 19.1. The molecule has 1 aliphatic heterocycles. The third-order valence-corrected chi connectivity index (χ3v) is 5.17. The summed E-state index contributed by atoms with van der Waals surface area (Å²) < 4.78 is 18.6. The highest BCUT2D eigenvalue weighted by Crippen LogP contribution is 2.21. The summed E-state index contributed by atoms with van der Waals surface area (Å²) in [6.07, 6.45) is 0. The molecule has 2 N–H and O–H groups in total. The maximum Gasteiger partial charge on any atom is 0.315 e. The maximum atomic E-state index is 13.2. The molecule has 0 radical (unpaired) electrons. The van der Waals surface area contributed by atoms with E-state index in [2.05, 4.69) is 39.8 Å².